The first kappa shape index (κ1) is 15.7. The van der Waals surface area contributed by atoms with Crippen LogP contribution < -0.4 is 5.32 Å². The molecule has 0 amide bonds. The van der Waals surface area contributed by atoms with Crippen molar-refractivity contribution in [2.45, 2.75) is 38.7 Å². The van der Waals surface area contributed by atoms with Crippen molar-refractivity contribution < 1.29 is 4.74 Å². The molecule has 0 saturated carbocycles. The van der Waals surface area contributed by atoms with E-state index in [0.29, 0.717) is 5.92 Å². The predicted octanol–water partition coefficient (Wildman–Crippen LogP) is 3.96. The van der Waals surface area contributed by atoms with Crippen LogP contribution in [0, 0.1) is 0 Å². The lowest BCUT2D eigenvalue weighted by Crippen LogP contribution is -2.25. The van der Waals surface area contributed by atoms with Gasteiger partial charge in [0.1, 0.15) is 0 Å². The second kappa shape index (κ2) is 8.68. The minimum atomic E-state index is 0.283. The van der Waals surface area contributed by atoms with Gasteiger partial charge in [0.05, 0.1) is 6.10 Å². The van der Waals surface area contributed by atoms with Gasteiger partial charge in [-0.15, -0.1) is 0 Å². The van der Waals surface area contributed by atoms with Crippen LogP contribution in [0.25, 0.3) is 0 Å². The predicted molar refractivity (Wildman–Crippen MR) is 81.1 cm³/mol. The Morgan fingerprint density at radius 1 is 1.33 bits per heavy atom. The first-order chi connectivity index (χ1) is 8.69. The number of hydrogen-bond acceptors (Lipinski definition) is 2. The van der Waals surface area contributed by atoms with E-state index in [-0.39, 0.29) is 6.10 Å². The van der Waals surface area contributed by atoms with Crippen molar-refractivity contribution in [3.63, 3.8) is 0 Å². The van der Waals surface area contributed by atoms with Crippen molar-refractivity contribution in [2.24, 2.45) is 0 Å². The van der Waals surface area contributed by atoms with Gasteiger partial charge in [0.25, 0.3) is 0 Å². The summed E-state index contributed by atoms with van der Waals surface area (Å²) in [6.45, 7) is 6.40. The molecule has 0 aliphatic heterocycles. The maximum atomic E-state index is 5.41. The number of methoxy groups -OCH3 is 1. The Labute approximate surface area is 119 Å². The summed E-state index contributed by atoms with van der Waals surface area (Å²) in [5, 5.41) is 3.51. The first-order valence-electron chi connectivity index (χ1n) is 6.67. The molecular weight excluding hydrogens is 290 g/mol. The van der Waals surface area contributed by atoms with Gasteiger partial charge in [-0.05, 0) is 43.9 Å². The average Bonchev–Trinajstić information content (AvgIpc) is 2.38. The van der Waals surface area contributed by atoms with Crippen LogP contribution in [-0.2, 0) is 4.74 Å². The number of halogens is 1. The Kier molecular flexibility index (Phi) is 7.56. The van der Waals surface area contributed by atoms with Crippen LogP contribution in [0.3, 0.4) is 0 Å². The molecule has 0 saturated heterocycles. The molecule has 18 heavy (non-hydrogen) atoms. The van der Waals surface area contributed by atoms with Crippen molar-refractivity contribution in [1.29, 1.82) is 0 Å². The van der Waals surface area contributed by atoms with Crippen molar-refractivity contribution in [3.8, 4) is 0 Å². The molecule has 1 aromatic rings. The highest BCUT2D eigenvalue weighted by Crippen LogP contribution is 2.28. The van der Waals surface area contributed by atoms with E-state index in [1.807, 2.05) is 0 Å². The third kappa shape index (κ3) is 5.09. The van der Waals surface area contributed by atoms with E-state index in [0.717, 1.165) is 19.5 Å². The van der Waals surface area contributed by atoms with E-state index in [2.05, 4.69) is 59.4 Å². The van der Waals surface area contributed by atoms with E-state index >= 15 is 0 Å². The minimum Gasteiger partial charge on any atom is -0.382 e. The highest BCUT2D eigenvalue weighted by Gasteiger charge is 2.17. The van der Waals surface area contributed by atoms with Crippen LogP contribution >= 0.6 is 15.9 Å². The molecule has 0 aromatic heterocycles. The van der Waals surface area contributed by atoms with Crippen LogP contribution in [0.1, 0.15) is 38.2 Å². The molecule has 102 valence electrons. The Morgan fingerprint density at radius 2 is 2.06 bits per heavy atom. The van der Waals surface area contributed by atoms with E-state index in [1.54, 1.807) is 7.11 Å². The Morgan fingerprint density at radius 3 is 2.67 bits per heavy atom. The molecule has 0 radical (unpaired) electrons. The first-order valence-corrected chi connectivity index (χ1v) is 7.46. The van der Waals surface area contributed by atoms with Crippen LogP contribution in [0.5, 0.6) is 0 Å². The summed E-state index contributed by atoms with van der Waals surface area (Å²) in [5.74, 6) is 0.488. The molecule has 0 heterocycles. The smallest absolute Gasteiger partial charge is 0.0549 e. The standard InChI is InChI=1S/C15H24BrNO/c1-4-9-17-11-13(10-12(2)18-3)14-7-5-6-8-15(14)16/h5-8,12-13,17H,4,9-11H2,1-3H3. The van der Waals surface area contributed by atoms with Gasteiger partial charge in [0.15, 0.2) is 0 Å². The minimum absolute atomic E-state index is 0.283. The summed E-state index contributed by atoms with van der Waals surface area (Å²) in [5.41, 5.74) is 1.37. The summed E-state index contributed by atoms with van der Waals surface area (Å²) >= 11 is 3.65. The van der Waals surface area contributed by atoms with Crippen LogP contribution in [0.15, 0.2) is 28.7 Å². The summed E-state index contributed by atoms with van der Waals surface area (Å²) in [6.07, 6.45) is 2.49. The zero-order valence-corrected chi connectivity index (χ0v) is 13.2. The zero-order chi connectivity index (χ0) is 13.4. The molecule has 0 aliphatic carbocycles. The maximum absolute atomic E-state index is 5.41. The molecule has 0 spiro atoms. The monoisotopic (exact) mass is 313 g/mol. The average molecular weight is 314 g/mol. The van der Waals surface area contributed by atoms with Crippen LogP contribution in [-0.4, -0.2) is 26.3 Å². The van der Waals surface area contributed by atoms with Gasteiger partial charge >= 0.3 is 0 Å². The number of benzene rings is 1. The quantitative estimate of drug-likeness (QED) is 0.734. The van der Waals surface area contributed by atoms with E-state index in [1.165, 1.54) is 16.5 Å². The summed E-state index contributed by atoms with van der Waals surface area (Å²) in [4.78, 5) is 0. The lowest BCUT2D eigenvalue weighted by Gasteiger charge is -2.22. The van der Waals surface area contributed by atoms with E-state index in [4.69, 9.17) is 4.74 Å². The molecule has 2 nitrogen and oxygen atoms in total. The van der Waals surface area contributed by atoms with Crippen molar-refractivity contribution in [1.82, 2.24) is 5.32 Å². The van der Waals surface area contributed by atoms with Crippen LogP contribution in [0.2, 0.25) is 0 Å². The fraction of sp³-hybridized carbons (Fsp3) is 0.600. The Hall–Kier alpha value is -0.380. The molecule has 2 unspecified atom stereocenters. The summed E-state index contributed by atoms with van der Waals surface area (Å²) in [6, 6.07) is 8.47. The second-order valence-electron chi connectivity index (χ2n) is 4.70. The third-order valence-electron chi connectivity index (χ3n) is 3.18. The topological polar surface area (TPSA) is 21.3 Å². The number of hydrogen-bond donors (Lipinski definition) is 1. The van der Waals surface area contributed by atoms with E-state index < -0.39 is 0 Å². The molecular formula is C15H24BrNO. The largest absolute Gasteiger partial charge is 0.382 e. The fourth-order valence-electron chi connectivity index (χ4n) is 2.08. The summed E-state index contributed by atoms with van der Waals surface area (Å²) in [7, 11) is 1.78. The second-order valence-corrected chi connectivity index (χ2v) is 5.56. The van der Waals surface area contributed by atoms with Crippen molar-refractivity contribution in [3.05, 3.63) is 34.3 Å². The molecule has 1 rings (SSSR count). The highest BCUT2D eigenvalue weighted by atomic mass is 79.9. The summed E-state index contributed by atoms with van der Waals surface area (Å²) < 4.78 is 6.60. The van der Waals surface area contributed by atoms with E-state index in [9.17, 15) is 0 Å². The van der Waals surface area contributed by atoms with Gasteiger partial charge in [0.2, 0.25) is 0 Å². The lowest BCUT2D eigenvalue weighted by atomic mass is 9.93. The Bertz CT molecular complexity index is 343. The van der Waals surface area contributed by atoms with Gasteiger partial charge in [-0.1, -0.05) is 41.1 Å². The maximum Gasteiger partial charge on any atom is 0.0549 e. The SMILES string of the molecule is CCCNCC(CC(C)OC)c1ccccc1Br. The molecule has 0 aliphatic rings. The highest BCUT2D eigenvalue weighted by molar-refractivity contribution is 9.10. The third-order valence-corrected chi connectivity index (χ3v) is 3.90. The Balaban J connectivity index is 2.73. The number of rotatable bonds is 8. The number of ether oxygens (including phenoxy) is 1. The van der Waals surface area contributed by atoms with Gasteiger partial charge < -0.3 is 10.1 Å². The molecule has 1 aromatic carbocycles. The molecule has 0 bridgehead atoms. The van der Waals surface area contributed by atoms with Gasteiger partial charge in [0, 0.05) is 18.1 Å². The molecule has 1 N–H and O–H groups in total. The van der Waals surface area contributed by atoms with Crippen molar-refractivity contribution in [2.75, 3.05) is 20.2 Å². The normalized spacial score (nSPS) is 14.4. The van der Waals surface area contributed by atoms with Gasteiger partial charge in [-0.25, -0.2) is 0 Å². The fourth-order valence-corrected chi connectivity index (χ4v) is 2.68. The van der Waals surface area contributed by atoms with Crippen molar-refractivity contribution >= 4 is 15.9 Å². The molecule has 0 fully saturated rings. The number of nitrogens with one attached hydrogen (secondary N) is 1. The van der Waals surface area contributed by atoms with Gasteiger partial charge in [-0.3, -0.25) is 0 Å². The lowest BCUT2D eigenvalue weighted by molar-refractivity contribution is 0.104. The molecule has 2 atom stereocenters. The molecule has 3 heteroatoms. The zero-order valence-electron chi connectivity index (χ0n) is 11.6. The van der Waals surface area contributed by atoms with Crippen LogP contribution in [0.4, 0.5) is 0 Å². The van der Waals surface area contributed by atoms with Gasteiger partial charge in [-0.2, -0.15) is 0 Å².